The van der Waals surface area contributed by atoms with E-state index in [1.54, 1.807) is 4.90 Å². The molecule has 1 saturated heterocycles. The molecule has 0 aliphatic carbocycles. The Bertz CT molecular complexity index is 756. The normalized spacial score (nSPS) is 18.9. The molecule has 0 spiro atoms. The van der Waals surface area contributed by atoms with Crippen molar-refractivity contribution in [3.63, 3.8) is 0 Å². The predicted octanol–water partition coefficient (Wildman–Crippen LogP) is 2.68. The summed E-state index contributed by atoms with van der Waals surface area (Å²) in [6.45, 7) is 1.00. The van der Waals surface area contributed by atoms with Gasteiger partial charge in [0, 0.05) is 12.1 Å². The second kappa shape index (κ2) is 6.17. The molecule has 2 aromatic rings. The molecule has 2 aliphatic rings. The number of nitrogens with zero attached hydrogens (tertiary/aromatic N) is 1. The molecule has 5 heteroatoms. The van der Waals surface area contributed by atoms with Crippen LogP contribution in [0.3, 0.4) is 0 Å². The fourth-order valence-corrected chi connectivity index (χ4v) is 3.34. The van der Waals surface area contributed by atoms with Crippen LogP contribution >= 0.6 is 0 Å². The topological polar surface area (TPSA) is 59.0 Å². The Balaban J connectivity index is 1.55. The summed E-state index contributed by atoms with van der Waals surface area (Å²) in [5.74, 6) is 1.49. The molecule has 2 heterocycles. The number of hydrogen-bond acceptors (Lipinski definition) is 4. The van der Waals surface area contributed by atoms with Gasteiger partial charge >= 0.3 is 0 Å². The fourth-order valence-electron chi connectivity index (χ4n) is 3.34. The number of rotatable bonds is 3. The third-order valence-electron chi connectivity index (χ3n) is 4.69. The summed E-state index contributed by atoms with van der Waals surface area (Å²) in [4.78, 5) is 14.4. The summed E-state index contributed by atoms with van der Waals surface area (Å²) >= 11 is 0. The van der Waals surface area contributed by atoms with Gasteiger partial charge in [-0.15, -0.1) is 0 Å². The van der Waals surface area contributed by atoms with Crippen LogP contribution in [-0.4, -0.2) is 41.9 Å². The predicted molar refractivity (Wildman–Crippen MR) is 89.1 cm³/mol. The van der Waals surface area contributed by atoms with E-state index in [0.717, 1.165) is 35.5 Å². The van der Waals surface area contributed by atoms with Gasteiger partial charge in [0.2, 0.25) is 6.79 Å². The molecule has 24 heavy (non-hydrogen) atoms. The van der Waals surface area contributed by atoms with Crippen LogP contribution in [-0.2, 0) is 0 Å². The van der Waals surface area contributed by atoms with Crippen molar-refractivity contribution in [2.24, 2.45) is 0 Å². The lowest BCUT2D eigenvalue weighted by molar-refractivity contribution is 0.0677. The molecule has 0 saturated carbocycles. The summed E-state index contributed by atoms with van der Waals surface area (Å²) in [7, 11) is 0. The number of benzene rings is 2. The monoisotopic (exact) mass is 325 g/mol. The Kier molecular flexibility index (Phi) is 3.86. The summed E-state index contributed by atoms with van der Waals surface area (Å²) in [6.07, 6.45) is 1.82. The van der Waals surface area contributed by atoms with Crippen LogP contribution in [0.25, 0.3) is 11.1 Å². The third-order valence-corrected chi connectivity index (χ3v) is 4.69. The first kappa shape index (κ1) is 15.0. The van der Waals surface area contributed by atoms with Gasteiger partial charge in [0.1, 0.15) is 0 Å². The number of amides is 1. The minimum atomic E-state index is -0.0500. The van der Waals surface area contributed by atoms with Gasteiger partial charge < -0.3 is 19.5 Å². The maximum atomic E-state index is 12.6. The van der Waals surface area contributed by atoms with E-state index in [-0.39, 0.29) is 25.3 Å². The number of aliphatic hydroxyl groups is 1. The summed E-state index contributed by atoms with van der Waals surface area (Å²) in [5, 5.41) is 9.39. The van der Waals surface area contributed by atoms with Crippen LogP contribution < -0.4 is 9.47 Å². The number of hydrogen-bond donors (Lipinski definition) is 1. The van der Waals surface area contributed by atoms with Gasteiger partial charge in [-0.05, 0) is 48.2 Å². The molecule has 124 valence electrons. The molecule has 1 N–H and O–H groups in total. The first-order valence-corrected chi connectivity index (χ1v) is 8.18. The van der Waals surface area contributed by atoms with E-state index in [2.05, 4.69) is 0 Å². The highest BCUT2D eigenvalue weighted by molar-refractivity contribution is 5.95. The van der Waals surface area contributed by atoms with Crippen LogP contribution in [0.5, 0.6) is 11.5 Å². The Morgan fingerprint density at radius 2 is 1.83 bits per heavy atom. The largest absolute Gasteiger partial charge is 0.454 e. The van der Waals surface area contributed by atoms with Crippen LogP contribution in [0.4, 0.5) is 0 Å². The highest BCUT2D eigenvalue weighted by Crippen LogP contribution is 2.36. The zero-order valence-corrected chi connectivity index (χ0v) is 13.3. The van der Waals surface area contributed by atoms with Crippen molar-refractivity contribution in [1.29, 1.82) is 0 Å². The maximum Gasteiger partial charge on any atom is 0.254 e. The van der Waals surface area contributed by atoms with E-state index in [4.69, 9.17) is 9.47 Å². The number of carbonyl (C=O) groups excluding carboxylic acids is 1. The molecule has 2 aromatic carbocycles. The second-order valence-electron chi connectivity index (χ2n) is 6.12. The molecule has 5 nitrogen and oxygen atoms in total. The highest BCUT2D eigenvalue weighted by Gasteiger charge is 2.28. The van der Waals surface area contributed by atoms with Crippen LogP contribution in [0, 0.1) is 0 Å². The van der Waals surface area contributed by atoms with Gasteiger partial charge in [-0.2, -0.15) is 0 Å². The molecule has 2 aliphatic heterocycles. The Labute approximate surface area is 140 Å². The number of fused-ring (bicyclic) bond motifs is 1. The van der Waals surface area contributed by atoms with Crippen molar-refractivity contribution < 1.29 is 19.4 Å². The van der Waals surface area contributed by atoms with E-state index in [9.17, 15) is 9.90 Å². The molecule has 1 atom stereocenters. The van der Waals surface area contributed by atoms with Crippen LogP contribution in [0.1, 0.15) is 23.2 Å². The first-order chi connectivity index (χ1) is 11.8. The van der Waals surface area contributed by atoms with Crippen molar-refractivity contribution >= 4 is 5.91 Å². The second-order valence-corrected chi connectivity index (χ2v) is 6.12. The lowest BCUT2D eigenvalue weighted by Gasteiger charge is -2.23. The summed E-state index contributed by atoms with van der Waals surface area (Å²) < 4.78 is 10.7. The maximum absolute atomic E-state index is 12.6. The molecule has 0 unspecified atom stereocenters. The molecule has 0 radical (unpaired) electrons. The molecule has 1 amide bonds. The Morgan fingerprint density at radius 3 is 2.62 bits per heavy atom. The quantitative estimate of drug-likeness (QED) is 0.942. The van der Waals surface area contributed by atoms with Gasteiger partial charge in [0.25, 0.3) is 5.91 Å². The summed E-state index contributed by atoms with van der Waals surface area (Å²) in [5.41, 5.74) is 2.69. The standard InChI is InChI=1S/C19H19NO4/c21-11-16-2-1-9-20(16)19(22)14-5-3-13(4-6-14)15-7-8-17-18(10-15)24-12-23-17/h3-8,10,16,21H,1-2,9,11-12H2/t16-/m0/s1. The van der Waals surface area contributed by atoms with Crippen molar-refractivity contribution in [3.8, 4) is 22.6 Å². The number of carbonyl (C=O) groups is 1. The smallest absolute Gasteiger partial charge is 0.254 e. The minimum Gasteiger partial charge on any atom is -0.454 e. The Morgan fingerprint density at radius 1 is 1.08 bits per heavy atom. The van der Waals surface area contributed by atoms with Crippen molar-refractivity contribution in [3.05, 3.63) is 48.0 Å². The zero-order chi connectivity index (χ0) is 16.5. The van der Waals surface area contributed by atoms with Crippen molar-refractivity contribution in [2.75, 3.05) is 19.9 Å². The van der Waals surface area contributed by atoms with Gasteiger partial charge in [-0.25, -0.2) is 0 Å². The van der Waals surface area contributed by atoms with Crippen molar-refractivity contribution in [2.45, 2.75) is 18.9 Å². The lowest BCUT2D eigenvalue weighted by Crippen LogP contribution is -2.37. The first-order valence-electron chi connectivity index (χ1n) is 8.18. The average molecular weight is 325 g/mol. The molecular formula is C19H19NO4. The minimum absolute atomic E-state index is 0.0104. The van der Waals surface area contributed by atoms with E-state index in [1.165, 1.54) is 0 Å². The number of ether oxygens (including phenoxy) is 2. The lowest BCUT2D eigenvalue weighted by atomic mass is 10.0. The van der Waals surface area contributed by atoms with Gasteiger partial charge in [0.05, 0.1) is 12.6 Å². The molecule has 0 aromatic heterocycles. The average Bonchev–Trinajstić information content (AvgIpc) is 3.29. The number of likely N-dealkylation sites (tertiary alicyclic amines) is 1. The van der Waals surface area contributed by atoms with E-state index in [1.807, 2.05) is 42.5 Å². The molecule has 4 rings (SSSR count). The van der Waals surface area contributed by atoms with Crippen LogP contribution in [0.15, 0.2) is 42.5 Å². The van der Waals surface area contributed by atoms with Gasteiger partial charge in [-0.1, -0.05) is 18.2 Å². The van der Waals surface area contributed by atoms with Gasteiger partial charge in [-0.3, -0.25) is 4.79 Å². The highest BCUT2D eigenvalue weighted by atomic mass is 16.7. The fraction of sp³-hybridized carbons (Fsp3) is 0.316. The SMILES string of the molecule is O=C(c1ccc(-c2ccc3c(c2)OCO3)cc1)N1CCC[C@H]1CO. The molecule has 0 bridgehead atoms. The van der Waals surface area contributed by atoms with Gasteiger partial charge in [0.15, 0.2) is 11.5 Å². The third kappa shape index (κ3) is 2.61. The van der Waals surface area contributed by atoms with E-state index < -0.39 is 0 Å². The van der Waals surface area contributed by atoms with E-state index in [0.29, 0.717) is 12.1 Å². The molecular weight excluding hydrogens is 306 g/mol. The molecule has 1 fully saturated rings. The zero-order valence-electron chi connectivity index (χ0n) is 13.3. The summed E-state index contributed by atoms with van der Waals surface area (Å²) in [6, 6.07) is 13.3. The number of aliphatic hydroxyl groups excluding tert-OH is 1. The van der Waals surface area contributed by atoms with E-state index >= 15 is 0 Å². The van der Waals surface area contributed by atoms with Crippen LogP contribution in [0.2, 0.25) is 0 Å². The Hall–Kier alpha value is -2.53. The van der Waals surface area contributed by atoms with Crippen molar-refractivity contribution in [1.82, 2.24) is 4.90 Å².